The number of nitrogens with zero attached hydrogens (tertiary/aromatic N) is 2. The maximum atomic E-state index is 13.6. The van der Waals surface area contributed by atoms with Crippen molar-refractivity contribution in [3.8, 4) is 11.5 Å². The van der Waals surface area contributed by atoms with Crippen molar-refractivity contribution in [2.45, 2.75) is 75.7 Å². The number of nitrogens with one attached hydrogen (secondary N) is 1. The predicted octanol–water partition coefficient (Wildman–Crippen LogP) is 7.38. The molecule has 41 heavy (non-hydrogen) atoms. The molecule has 1 amide bonds. The van der Waals surface area contributed by atoms with E-state index >= 15 is 0 Å². The van der Waals surface area contributed by atoms with Crippen molar-refractivity contribution in [3.63, 3.8) is 0 Å². The summed E-state index contributed by atoms with van der Waals surface area (Å²) in [7, 11) is -1.89. The first-order valence-corrected chi connectivity index (χ1v) is 18.4. The van der Waals surface area contributed by atoms with Gasteiger partial charge in [0.05, 0.1) is 17.6 Å². The van der Waals surface area contributed by atoms with Crippen LogP contribution in [0.1, 0.15) is 62.1 Å². The van der Waals surface area contributed by atoms with E-state index in [9.17, 15) is 4.79 Å². The molecule has 6 rings (SSSR count). The van der Waals surface area contributed by atoms with Gasteiger partial charge in [0.2, 0.25) is 12.7 Å². The van der Waals surface area contributed by atoms with Gasteiger partial charge in [0.1, 0.15) is 0 Å². The maximum Gasteiger partial charge on any atom is 0.236 e. The van der Waals surface area contributed by atoms with E-state index in [4.69, 9.17) is 25.5 Å². The monoisotopic (exact) mass is 611 g/mol. The molecule has 10 heteroatoms. The van der Waals surface area contributed by atoms with Gasteiger partial charge in [-0.15, -0.1) is 0 Å². The van der Waals surface area contributed by atoms with Crippen molar-refractivity contribution < 1.29 is 18.7 Å². The van der Waals surface area contributed by atoms with Crippen molar-refractivity contribution in [1.29, 1.82) is 0 Å². The average molecular weight is 612 g/mol. The molecule has 0 spiro atoms. The Bertz CT molecular complexity index is 1450. The molecule has 1 N–H and O–H groups in total. The zero-order valence-electron chi connectivity index (χ0n) is 24.3. The van der Waals surface area contributed by atoms with E-state index in [-0.39, 0.29) is 29.9 Å². The number of rotatable bonds is 8. The molecule has 3 aromatic rings. The third-order valence-corrected chi connectivity index (χ3v) is 15.0. The number of amides is 1. The van der Waals surface area contributed by atoms with E-state index in [1.807, 2.05) is 42.6 Å². The molecular formula is C31H38ClN3O4SSi. The van der Waals surface area contributed by atoms with Gasteiger partial charge in [0.15, 0.2) is 24.9 Å². The fraction of sp³-hybridized carbons (Fsp3) is 0.484. The maximum absolute atomic E-state index is 13.6. The van der Waals surface area contributed by atoms with Gasteiger partial charge < -0.3 is 19.2 Å². The van der Waals surface area contributed by atoms with Crippen LogP contribution in [0.15, 0.2) is 48.7 Å². The van der Waals surface area contributed by atoms with Crippen molar-refractivity contribution in [1.82, 2.24) is 9.88 Å². The summed E-state index contributed by atoms with van der Waals surface area (Å²) in [5, 5.41) is 4.61. The van der Waals surface area contributed by atoms with Crippen LogP contribution in [0.25, 0.3) is 0 Å². The Morgan fingerprint density at radius 1 is 1.20 bits per heavy atom. The molecule has 2 aliphatic heterocycles. The number of halogens is 1. The van der Waals surface area contributed by atoms with Crippen molar-refractivity contribution in [2.75, 3.05) is 25.2 Å². The molecule has 1 saturated carbocycles. The summed E-state index contributed by atoms with van der Waals surface area (Å²) in [5.41, 5.74) is 1.44. The molecule has 1 saturated heterocycles. The lowest BCUT2D eigenvalue weighted by molar-refractivity contribution is -0.118. The van der Waals surface area contributed by atoms with Gasteiger partial charge in [-0.05, 0) is 66.7 Å². The molecule has 3 aliphatic rings. The SMILES string of the molecule is CC(C)(C)[Si](C)(C)O[C@@H]1CCN([C@@H](c2cnc(NC(=O)C3(c4ccc5c(c4)OCO5)CC3)s2)c2ccccc2Cl)C1. The highest BCUT2D eigenvalue weighted by Crippen LogP contribution is 2.51. The van der Waals surface area contributed by atoms with Crippen LogP contribution in [-0.2, 0) is 14.6 Å². The number of carbonyl (C=O) groups excluding carboxylic acids is 1. The van der Waals surface area contributed by atoms with E-state index in [2.05, 4.69) is 55.1 Å². The summed E-state index contributed by atoms with van der Waals surface area (Å²) < 4.78 is 17.8. The quantitative estimate of drug-likeness (QED) is 0.268. The van der Waals surface area contributed by atoms with E-state index in [1.54, 1.807) is 0 Å². The highest BCUT2D eigenvalue weighted by Gasteiger charge is 2.52. The Labute approximate surface area is 252 Å². The van der Waals surface area contributed by atoms with Gasteiger partial charge in [-0.1, -0.05) is 68.0 Å². The smallest absolute Gasteiger partial charge is 0.236 e. The minimum atomic E-state index is -1.89. The van der Waals surface area contributed by atoms with E-state index in [0.717, 1.165) is 59.1 Å². The third kappa shape index (κ3) is 5.55. The first-order valence-electron chi connectivity index (χ1n) is 14.3. The minimum Gasteiger partial charge on any atom is -0.454 e. The minimum absolute atomic E-state index is 0.0319. The number of hydrogen-bond donors (Lipinski definition) is 1. The highest BCUT2D eigenvalue weighted by atomic mass is 35.5. The van der Waals surface area contributed by atoms with E-state index in [0.29, 0.717) is 10.9 Å². The zero-order chi connectivity index (χ0) is 29.0. The van der Waals surface area contributed by atoms with Crippen molar-refractivity contribution in [3.05, 3.63) is 69.7 Å². The number of benzene rings is 2. The summed E-state index contributed by atoms with van der Waals surface area (Å²) in [6, 6.07) is 13.7. The Morgan fingerprint density at radius 2 is 1.95 bits per heavy atom. The molecular weight excluding hydrogens is 574 g/mol. The normalized spacial score (nSPS) is 20.7. The molecule has 0 unspecified atom stereocenters. The fourth-order valence-electron chi connectivity index (χ4n) is 5.56. The van der Waals surface area contributed by atoms with E-state index in [1.165, 1.54) is 11.3 Å². The number of carbonyl (C=O) groups is 1. The van der Waals surface area contributed by atoms with Crippen LogP contribution in [0.2, 0.25) is 23.2 Å². The first kappa shape index (κ1) is 28.7. The average Bonchev–Trinajstić information content (AvgIpc) is 3.21. The van der Waals surface area contributed by atoms with Gasteiger partial charge in [-0.2, -0.15) is 0 Å². The number of fused-ring (bicyclic) bond motifs is 1. The van der Waals surface area contributed by atoms with Crippen LogP contribution >= 0.6 is 22.9 Å². The number of anilines is 1. The molecule has 0 radical (unpaired) electrons. The summed E-state index contributed by atoms with van der Waals surface area (Å²) in [5.74, 6) is 1.39. The summed E-state index contributed by atoms with van der Waals surface area (Å²) in [6.07, 6.45) is 4.64. The van der Waals surface area contributed by atoms with Crippen LogP contribution in [0.5, 0.6) is 11.5 Å². The fourth-order valence-corrected chi connectivity index (χ4v) is 8.14. The first-order chi connectivity index (χ1) is 19.5. The summed E-state index contributed by atoms with van der Waals surface area (Å²) in [4.78, 5) is 21.7. The van der Waals surface area contributed by atoms with Gasteiger partial charge >= 0.3 is 0 Å². The number of thiazole rings is 1. The van der Waals surface area contributed by atoms with Crippen LogP contribution in [0, 0.1) is 0 Å². The number of hydrogen-bond acceptors (Lipinski definition) is 7. The molecule has 1 aromatic heterocycles. The number of likely N-dealkylation sites (tertiary alicyclic amines) is 1. The van der Waals surface area contributed by atoms with Crippen molar-refractivity contribution in [2.24, 2.45) is 0 Å². The summed E-state index contributed by atoms with van der Waals surface area (Å²) in [6.45, 7) is 13.4. The van der Waals surface area contributed by atoms with E-state index < -0.39 is 13.7 Å². The number of ether oxygens (including phenoxy) is 2. The molecule has 0 bridgehead atoms. The molecule has 218 valence electrons. The topological polar surface area (TPSA) is 72.9 Å². The summed E-state index contributed by atoms with van der Waals surface area (Å²) >= 11 is 8.28. The van der Waals surface area contributed by atoms with Gasteiger partial charge in [0.25, 0.3) is 0 Å². The van der Waals surface area contributed by atoms with Crippen LogP contribution in [-0.4, -0.2) is 50.1 Å². The molecule has 2 atom stereocenters. The Morgan fingerprint density at radius 3 is 2.68 bits per heavy atom. The van der Waals surface area contributed by atoms with Gasteiger partial charge in [0, 0.05) is 29.2 Å². The second-order valence-corrected chi connectivity index (χ2v) is 19.1. The number of aromatic nitrogens is 1. The van der Waals surface area contributed by atoms with Crippen LogP contribution < -0.4 is 14.8 Å². The molecule has 1 aliphatic carbocycles. The Kier molecular flexibility index (Phi) is 7.47. The third-order valence-electron chi connectivity index (χ3n) is 9.13. The predicted molar refractivity (Wildman–Crippen MR) is 166 cm³/mol. The Balaban J connectivity index is 1.21. The molecule has 2 aromatic carbocycles. The molecule has 7 nitrogen and oxygen atoms in total. The Hall–Kier alpha value is -2.43. The largest absolute Gasteiger partial charge is 0.454 e. The second-order valence-electron chi connectivity index (χ2n) is 12.9. The lowest BCUT2D eigenvalue weighted by Crippen LogP contribution is -2.44. The standard InChI is InChI=1S/C31H38ClN3O4SSi/c1-30(2,3)41(4,5)39-21-12-15-35(18-21)27(22-8-6-7-9-23(22)32)26-17-33-29(40-26)34-28(36)31(13-14-31)20-10-11-24-25(16-20)38-19-37-24/h6-11,16-17,21,27H,12-15,18-19H2,1-5H3,(H,33,34,36)/t21-,27-/m1/s1. The van der Waals surface area contributed by atoms with Gasteiger partial charge in [-0.25, -0.2) is 4.98 Å². The highest BCUT2D eigenvalue weighted by molar-refractivity contribution is 7.15. The zero-order valence-corrected chi connectivity index (χ0v) is 26.9. The van der Waals surface area contributed by atoms with Crippen LogP contribution in [0.3, 0.4) is 0 Å². The lowest BCUT2D eigenvalue weighted by atomic mass is 9.94. The van der Waals surface area contributed by atoms with Gasteiger partial charge in [-0.3, -0.25) is 9.69 Å². The molecule has 2 fully saturated rings. The second kappa shape index (κ2) is 10.7. The lowest BCUT2D eigenvalue weighted by Gasteiger charge is -2.38. The van der Waals surface area contributed by atoms with Crippen molar-refractivity contribution >= 4 is 42.3 Å². The molecule has 3 heterocycles. The van der Waals surface area contributed by atoms with Crippen LogP contribution in [0.4, 0.5) is 5.13 Å².